The molecule has 4 heterocycles. The Hall–Kier alpha value is -3.30. The van der Waals surface area contributed by atoms with Crippen LogP contribution in [0.15, 0.2) is 42.9 Å². The third-order valence-electron chi connectivity index (χ3n) is 6.40. The minimum absolute atomic E-state index is 0.221. The summed E-state index contributed by atoms with van der Waals surface area (Å²) in [4.78, 5) is 26.0. The monoisotopic (exact) mass is 446 g/mol. The second-order valence-electron chi connectivity index (χ2n) is 9.01. The first-order valence-electron chi connectivity index (χ1n) is 11.4. The maximum atomic E-state index is 12.7. The maximum Gasteiger partial charge on any atom is 0.237 e. The minimum atomic E-state index is 0.221. The van der Waals surface area contributed by atoms with Crippen LogP contribution in [0.25, 0.3) is 11.3 Å². The number of piperazine rings is 1. The SMILES string of the molecule is Cc1cc(-c2ccnc(Nc3cnn(C)c3)n2)ccc1CN1CCN(CC2CNC2)CC1=O. The highest BCUT2D eigenvalue weighted by atomic mass is 16.2. The van der Waals surface area contributed by atoms with Crippen molar-refractivity contribution >= 4 is 17.5 Å². The predicted octanol–water partition coefficient (Wildman–Crippen LogP) is 1.79. The molecule has 0 aliphatic carbocycles. The number of nitrogens with zero attached hydrogens (tertiary/aromatic N) is 6. The number of anilines is 2. The number of rotatable bonds is 7. The summed E-state index contributed by atoms with van der Waals surface area (Å²) in [7, 11) is 1.87. The fourth-order valence-electron chi connectivity index (χ4n) is 4.36. The number of aromatic nitrogens is 4. The van der Waals surface area contributed by atoms with Crippen LogP contribution < -0.4 is 10.6 Å². The van der Waals surface area contributed by atoms with Crippen LogP contribution in [0.4, 0.5) is 11.6 Å². The normalized spacial score (nSPS) is 17.3. The number of nitrogens with one attached hydrogen (secondary N) is 2. The fraction of sp³-hybridized carbons (Fsp3) is 0.417. The summed E-state index contributed by atoms with van der Waals surface area (Å²) in [6.07, 6.45) is 5.36. The second kappa shape index (κ2) is 9.29. The standard InChI is InChI=1S/C24H30N8O/c1-17-9-19(22-5-6-26-24(29-22)28-21-12-27-30(2)15-21)3-4-20(17)14-32-8-7-31(16-23(32)33)13-18-10-25-11-18/h3-6,9,12,15,18,25H,7-8,10-11,13-14,16H2,1-2H3,(H,26,28,29). The van der Waals surface area contributed by atoms with Crippen molar-refractivity contribution in [1.29, 1.82) is 0 Å². The van der Waals surface area contributed by atoms with Gasteiger partial charge in [0.1, 0.15) is 0 Å². The van der Waals surface area contributed by atoms with Gasteiger partial charge in [0.15, 0.2) is 0 Å². The zero-order chi connectivity index (χ0) is 22.8. The van der Waals surface area contributed by atoms with Gasteiger partial charge in [0.2, 0.25) is 11.9 Å². The molecular weight excluding hydrogens is 416 g/mol. The Balaban J connectivity index is 1.23. The van der Waals surface area contributed by atoms with Crippen molar-refractivity contribution in [3.8, 4) is 11.3 Å². The Morgan fingerprint density at radius 3 is 2.79 bits per heavy atom. The summed E-state index contributed by atoms with van der Waals surface area (Å²) in [5.41, 5.74) is 5.05. The van der Waals surface area contributed by atoms with Crippen LogP contribution in [0, 0.1) is 12.8 Å². The lowest BCUT2D eigenvalue weighted by atomic mass is 10.0. The van der Waals surface area contributed by atoms with E-state index < -0.39 is 0 Å². The van der Waals surface area contributed by atoms with Gasteiger partial charge in [0.25, 0.3) is 0 Å². The first-order valence-corrected chi connectivity index (χ1v) is 11.4. The lowest BCUT2D eigenvalue weighted by molar-refractivity contribution is -0.137. The van der Waals surface area contributed by atoms with Gasteiger partial charge in [-0.2, -0.15) is 5.10 Å². The number of carbonyl (C=O) groups is 1. The Morgan fingerprint density at radius 1 is 1.21 bits per heavy atom. The molecule has 0 spiro atoms. The molecule has 2 aliphatic heterocycles. The van der Waals surface area contributed by atoms with Crippen molar-refractivity contribution in [1.82, 2.24) is 34.9 Å². The second-order valence-corrected chi connectivity index (χ2v) is 9.01. The van der Waals surface area contributed by atoms with Crippen LogP contribution in [-0.4, -0.2) is 74.7 Å². The number of hydrogen-bond donors (Lipinski definition) is 2. The zero-order valence-electron chi connectivity index (χ0n) is 19.2. The molecule has 0 saturated carbocycles. The van der Waals surface area contributed by atoms with Crippen molar-refractivity contribution < 1.29 is 4.79 Å². The van der Waals surface area contributed by atoms with Gasteiger partial charge < -0.3 is 15.5 Å². The van der Waals surface area contributed by atoms with E-state index in [4.69, 9.17) is 0 Å². The first-order chi connectivity index (χ1) is 16.0. The summed E-state index contributed by atoms with van der Waals surface area (Å²) in [5, 5.41) is 10.6. The molecule has 2 N–H and O–H groups in total. The lowest BCUT2D eigenvalue weighted by Crippen LogP contribution is -2.55. The Labute approximate surface area is 193 Å². The average molecular weight is 447 g/mol. The van der Waals surface area contributed by atoms with E-state index in [0.717, 1.165) is 55.2 Å². The van der Waals surface area contributed by atoms with Gasteiger partial charge in [-0.25, -0.2) is 9.97 Å². The molecule has 172 valence electrons. The molecule has 0 bridgehead atoms. The molecule has 0 radical (unpaired) electrons. The number of amides is 1. The third kappa shape index (κ3) is 5.04. The molecular formula is C24H30N8O. The summed E-state index contributed by atoms with van der Waals surface area (Å²) >= 11 is 0. The Morgan fingerprint density at radius 2 is 2.09 bits per heavy atom. The van der Waals surface area contributed by atoms with E-state index in [0.29, 0.717) is 25.0 Å². The third-order valence-corrected chi connectivity index (χ3v) is 6.40. The van der Waals surface area contributed by atoms with E-state index in [9.17, 15) is 4.79 Å². The van der Waals surface area contributed by atoms with Gasteiger partial charge in [0.05, 0.1) is 24.1 Å². The van der Waals surface area contributed by atoms with E-state index in [-0.39, 0.29) is 5.91 Å². The highest BCUT2D eigenvalue weighted by Gasteiger charge is 2.27. The molecule has 2 aliphatic rings. The maximum absolute atomic E-state index is 12.7. The lowest BCUT2D eigenvalue weighted by Gasteiger charge is -2.38. The molecule has 1 amide bonds. The van der Waals surface area contributed by atoms with Crippen molar-refractivity contribution in [2.45, 2.75) is 13.5 Å². The summed E-state index contributed by atoms with van der Waals surface area (Å²) in [5.74, 6) is 1.45. The van der Waals surface area contributed by atoms with Crippen LogP contribution in [0.1, 0.15) is 11.1 Å². The summed E-state index contributed by atoms with van der Waals surface area (Å²) in [6.45, 7) is 8.20. The van der Waals surface area contributed by atoms with Crippen molar-refractivity contribution in [2.75, 3.05) is 44.6 Å². The van der Waals surface area contributed by atoms with Gasteiger partial charge in [-0.3, -0.25) is 14.4 Å². The van der Waals surface area contributed by atoms with E-state index in [1.54, 1.807) is 17.1 Å². The first kappa shape index (κ1) is 21.5. The van der Waals surface area contributed by atoms with Crippen molar-refractivity contribution in [3.05, 3.63) is 54.0 Å². The van der Waals surface area contributed by atoms with Crippen molar-refractivity contribution in [3.63, 3.8) is 0 Å². The van der Waals surface area contributed by atoms with Gasteiger partial charge in [0, 0.05) is 64.3 Å². The van der Waals surface area contributed by atoms with E-state index in [1.807, 2.05) is 24.2 Å². The molecule has 2 fully saturated rings. The molecule has 0 unspecified atom stereocenters. The Bertz CT molecular complexity index is 1140. The minimum Gasteiger partial charge on any atom is -0.336 e. The molecule has 1 aromatic carbocycles. The highest BCUT2D eigenvalue weighted by molar-refractivity contribution is 5.79. The summed E-state index contributed by atoms with van der Waals surface area (Å²) in [6, 6.07) is 8.22. The van der Waals surface area contributed by atoms with Crippen molar-refractivity contribution in [2.24, 2.45) is 13.0 Å². The van der Waals surface area contributed by atoms with Crippen LogP contribution in [0.5, 0.6) is 0 Å². The molecule has 5 rings (SSSR count). The quantitative estimate of drug-likeness (QED) is 0.572. The van der Waals surface area contributed by atoms with Crippen LogP contribution in [0.3, 0.4) is 0 Å². The summed E-state index contributed by atoms with van der Waals surface area (Å²) < 4.78 is 1.73. The number of hydrogen-bond acceptors (Lipinski definition) is 7. The molecule has 0 atom stereocenters. The largest absolute Gasteiger partial charge is 0.336 e. The highest BCUT2D eigenvalue weighted by Crippen LogP contribution is 2.23. The average Bonchev–Trinajstić information content (AvgIpc) is 3.18. The van der Waals surface area contributed by atoms with E-state index in [1.165, 1.54) is 5.56 Å². The molecule has 3 aromatic rings. The number of benzene rings is 1. The smallest absolute Gasteiger partial charge is 0.237 e. The van der Waals surface area contributed by atoms with Crippen LogP contribution in [0.2, 0.25) is 0 Å². The fourth-order valence-corrected chi connectivity index (χ4v) is 4.36. The Kier molecular flexibility index (Phi) is 6.06. The van der Waals surface area contributed by atoms with Gasteiger partial charge in [-0.1, -0.05) is 12.1 Å². The van der Waals surface area contributed by atoms with Gasteiger partial charge in [-0.05, 0) is 36.1 Å². The number of carbonyl (C=O) groups excluding carboxylic acids is 1. The molecule has 9 heteroatoms. The van der Waals surface area contributed by atoms with E-state index >= 15 is 0 Å². The zero-order valence-corrected chi connectivity index (χ0v) is 19.2. The van der Waals surface area contributed by atoms with Gasteiger partial charge >= 0.3 is 0 Å². The van der Waals surface area contributed by atoms with Crippen LogP contribution in [-0.2, 0) is 18.4 Å². The molecule has 33 heavy (non-hydrogen) atoms. The molecule has 9 nitrogen and oxygen atoms in total. The van der Waals surface area contributed by atoms with E-state index in [2.05, 4.69) is 55.7 Å². The molecule has 2 aromatic heterocycles. The number of aryl methyl sites for hydroxylation is 2. The van der Waals surface area contributed by atoms with Gasteiger partial charge in [-0.15, -0.1) is 0 Å². The molecule has 2 saturated heterocycles. The van der Waals surface area contributed by atoms with Crippen LogP contribution >= 0.6 is 0 Å². The predicted molar refractivity (Wildman–Crippen MR) is 127 cm³/mol. The topological polar surface area (TPSA) is 91.2 Å².